The van der Waals surface area contributed by atoms with Gasteiger partial charge in [-0.15, -0.1) is 0 Å². The van der Waals surface area contributed by atoms with Gasteiger partial charge in [0.05, 0.1) is 34.5 Å². The lowest BCUT2D eigenvalue weighted by Crippen LogP contribution is -2.40. The smallest absolute Gasteiger partial charge is 0.292 e. The Kier molecular flexibility index (Phi) is 4.19. The summed E-state index contributed by atoms with van der Waals surface area (Å²) in [7, 11) is 0. The van der Waals surface area contributed by atoms with Crippen molar-refractivity contribution in [1.82, 2.24) is 29.5 Å². The fourth-order valence-corrected chi connectivity index (χ4v) is 3.94. The van der Waals surface area contributed by atoms with Gasteiger partial charge >= 0.3 is 0 Å². The van der Waals surface area contributed by atoms with Crippen molar-refractivity contribution in [2.45, 2.75) is 31.9 Å². The van der Waals surface area contributed by atoms with Gasteiger partial charge in [0.25, 0.3) is 5.91 Å². The van der Waals surface area contributed by atoms with Gasteiger partial charge in [-0.3, -0.25) is 4.79 Å². The Balaban J connectivity index is 1.59. The number of H-pyrrole nitrogens is 1. The van der Waals surface area contributed by atoms with Crippen LogP contribution in [0.25, 0.3) is 5.52 Å². The second-order valence-corrected chi connectivity index (χ2v) is 8.17. The van der Waals surface area contributed by atoms with Crippen LogP contribution in [-0.4, -0.2) is 47.0 Å². The summed E-state index contributed by atoms with van der Waals surface area (Å²) in [4.78, 5) is 26.7. The van der Waals surface area contributed by atoms with E-state index >= 15 is 0 Å². The molecule has 9 nitrogen and oxygen atoms in total. The highest BCUT2D eigenvalue weighted by Gasteiger charge is 2.38. The Bertz CT molecular complexity index is 1250. The summed E-state index contributed by atoms with van der Waals surface area (Å²) in [6.07, 6.45) is 5.39. The normalized spacial score (nSPS) is 16.8. The van der Waals surface area contributed by atoms with Gasteiger partial charge in [-0.1, -0.05) is 11.6 Å². The SMILES string of the molecule is CC(C)(O)c1ncc(C(=O)N2CCc3[nH]cnc3C2c2cc3c(Cl)cccn3n2)o1. The van der Waals surface area contributed by atoms with Crippen LogP contribution in [0.15, 0.2) is 41.3 Å². The zero-order chi connectivity index (χ0) is 21.0. The van der Waals surface area contributed by atoms with Crippen LogP contribution in [0, 0.1) is 0 Å². The predicted octanol–water partition coefficient (Wildman–Crippen LogP) is 2.71. The minimum atomic E-state index is -1.28. The second-order valence-electron chi connectivity index (χ2n) is 7.76. The van der Waals surface area contributed by atoms with Crippen LogP contribution in [0.5, 0.6) is 0 Å². The number of nitrogens with zero attached hydrogens (tertiary/aromatic N) is 5. The molecule has 2 N–H and O–H groups in total. The van der Waals surface area contributed by atoms with E-state index in [0.717, 1.165) is 16.9 Å². The molecular weight excluding hydrogens is 408 g/mol. The van der Waals surface area contributed by atoms with E-state index in [1.807, 2.05) is 12.1 Å². The zero-order valence-electron chi connectivity index (χ0n) is 16.3. The van der Waals surface area contributed by atoms with Crippen LogP contribution < -0.4 is 0 Å². The van der Waals surface area contributed by atoms with Crippen molar-refractivity contribution < 1.29 is 14.3 Å². The quantitative estimate of drug-likeness (QED) is 0.520. The van der Waals surface area contributed by atoms with E-state index in [1.54, 1.807) is 41.9 Å². The van der Waals surface area contributed by atoms with E-state index < -0.39 is 11.6 Å². The number of rotatable bonds is 3. The lowest BCUT2D eigenvalue weighted by molar-refractivity contribution is 0.0440. The van der Waals surface area contributed by atoms with Crippen LogP contribution in [0.1, 0.15) is 53.4 Å². The fourth-order valence-electron chi connectivity index (χ4n) is 3.73. The molecule has 4 aromatic rings. The van der Waals surface area contributed by atoms with Gasteiger partial charge in [0.15, 0.2) is 0 Å². The van der Waals surface area contributed by atoms with Gasteiger partial charge in [-0.05, 0) is 32.0 Å². The molecule has 1 aliphatic rings. The van der Waals surface area contributed by atoms with Gasteiger partial charge in [0.1, 0.15) is 11.6 Å². The third-order valence-electron chi connectivity index (χ3n) is 5.17. The number of aliphatic hydroxyl groups is 1. The number of carbonyl (C=O) groups is 1. The number of oxazole rings is 1. The average molecular weight is 427 g/mol. The molecule has 0 saturated carbocycles. The molecule has 0 spiro atoms. The number of imidazole rings is 1. The van der Waals surface area contributed by atoms with Crippen LogP contribution >= 0.6 is 11.6 Å². The molecule has 0 aromatic carbocycles. The molecule has 154 valence electrons. The van der Waals surface area contributed by atoms with E-state index in [1.165, 1.54) is 6.20 Å². The van der Waals surface area contributed by atoms with Crippen molar-refractivity contribution in [2.75, 3.05) is 6.54 Å². The molecule has 5 rings (SSSR count). The number of hydrogen-bond donors (Lipinski definition) is 2. The number of halogens is 1. The number of carbonyl (C=O) groups excluding carboxylic acids is 1. The Morgan fingerprint density at radius 3 is 2.97 bits per heavy atom. The third-order valence-corrected chi connectivity index (χ3v) is 5.49. The minimum absolute atomic E-state index is 0.0536. The summed E-state index contributed by atoms with van der Waals surface area (Å²) in [6.45, 7) is 3.54. The maximum atomic E-state index is 13.3. The van der Waals surface area contributed by atoms with Crippen LogP contribution in [0.4, 0.5) is 0 Å². The summed E-state index contributed by atoms with van der Waals surface area (Å²) in [5.41, 5.74) is 1.80. The number of aromatic nitrogens is 5. The summed E-state index contributed by atoms with van der Waals surface area (Å²) in [5, 5.41) is 15.3. The first-order valence-corrected chi connectivity index (χ1v) is 9.86. The number of hydrogen-bond acceptors (Lipinski definition) is 6. The molecule has 4 aromatic heterocycles. The van der Waals surface area contributed by atoms with E-state index in [0.29, 0.717) is 23.7 Å². The number of nitrogens with one attached hydrogen (secondary N) is 1. The highest BCUT2D eigenvalue weighted by Crippen LogP contribution is 2.35. The van der Waals surface area contributed by atoms with Crippen LogP contribution in [0.2, 0.25) is 5.02 Å². The minimum Gasteiger partial charge on any atom is -0.432 e. The van der Waals surface area contributed by atoms with Crippen molar-refractivity contribution in [3.8, 4) is 0 Å². The fraction of sp³-hybridized carbons (Fsp3) is 0.300. The van der Waals surface area contributed by atoms with Crippen molar-refractivity contribution in [1.29, 1.82) is 0 Å². The molecule has 1 amide bonds. The first kappa shape index (κ1) is 18.8. The third kappa shape index (κ3) is 2.98. The molecule has 0 fully saturated rings. The molecule has 0 saturated heterocycles. The number of fused-ring (bicyclic) bond motifs is 2. The molecule has 0 bridgehead atoms. The largest absolute Gasteiger partial charge is 0.432 e. The Hall–Kier alpha value is -3.17. The van der Waals surface area contributed by atoms with E-state index in [9.17, 15) is 9.90 Å². The van der Waals surface area contributed by atoms with E-state index in [2.05, 4.69) is 20.1 Å². The number of pyridine rings is 1. The lowest BCUT2D eigenvalue weighted by Gasteiger charge is -2.33. The van der Waals surface area contributed by atoms with Gasteiger partial charge in [0, 0.05) is 24.9 Å². The molecule has 1 atom stereocenters. The Labute approximate surface area is 176 Å². The first-order chi connectivity index (χ1) is 14.3. The topological polar surface area (TPSA) is 113 Å². The molecule has 0 aliphatic carbocycles. The first-order valence-electron chi connectivity index (χ1n) is 9.48. The number of aromatic amines is 1. The molecule has 1 unspecified atom stereocenters. The van der Waals surface area contributed by atoms with Crippen molar-refractivity contribution >= 4 is 23.0 Å². The van der Waals surface area contributed by atoms with E-state index in [-0.39, 0.29) is 17.6 Å². The molecular formula is C20H19ClN6O3. The molecule has 5 heterocycles. The van der Waals surface area contributed by atoms with Crippen molar-refractivity contribution in [3.05, 3.63) is 70.7 Å². The second kappa shape index (κ2) is 6.68. The highest BCUT2D eigenvalue weighted by atomic mass is 35.5. The summed E-state index contributed by atoms with van der Waals surface area (Å²) in [6, 6.07) is 4.94. The standard InChI is InChI=1S/C20H19ClN6O3/c1-20(2,29)19-22-9-15(30-19)18(28)26-7-5-12-16(24-10-23-12)17(26)13-8-14-11(21)4-3-6-27(14)25-13/h3-4,6,8-10,17,29H,5,7H2,1-2H3,(H,23,24). The highest BCUT2D eigenvalue weighted by molar-refractivity contribution is 6.33. The van der Waals surface area contributed by atoms with Crippen molar-refractivity contribution in [3.63, 3.8) is 0 Å². The van der Waals surface area contributed by atoms with Crippen LogP contribution in [-0.2, 0) is 12.0 Å². The van der Waals surface area contributed by atoms with Crippen LogP contribution in [0.3, 0.4) is 0 Å². The summed E-state index contributed by atoms with van der Waals surface area (Å²) < 4.78 is 7.25. The summed E-state index contributed by atoms with van der Waals surface area (Å²) >= 11 is 6.32. The molecule has 1 aliphatic heterocycles. The van der Waals surface area contributed by atoms with Gasteiger partial charge < -0.3 is 19.4 Å². The molecule has 0 radical (unpaired) electrons. The number of amides is 1. The predicted molar refractivity (Wildman–Crippen MR) is 107 cm³/mol. The molecule has 30 heavy (non-hydrogen) atoms. The maximum Gasteiger partial charge on any atom is 0.292 e. The lowest BCUT2D eigenvalue weighted by atomic mass is 9.99. The van der Waals surface area contributed by atoms with Gasteiger partial charge in [-0.25, -0.2) is 14.5 Å². The average Bonchev–Trinajstić information content (AvgIpc) is 3.44. The van der Waals surface area contributed by atoms with Crippen molar-refractivity contribution in [2.24, 2.45) is 0 Å². The van der Waals surface area contributed by atoms with Gasteiger partial charge in [0.2, 0.25) is 11.7 Å². The summed E-state index contributed by atoms with van der Waals surface area (Å²) in [5.74, 6) is -0.211. The molecule has 10 heteroatoms. The maximum absolute atomic E-state index is 13.3. The monoisotopic (exact) mass is 426 g/mol. The van der Waals surface area contributed by atoms with E-state index in [4.69, 9.17) is 16.0 Å². The Morgan fingerprint density at radius 2 is 2.23 bits per heavy atom. The van der Waals surface area contributed by atoms with Gasteiger partial charge in [-0.2, -0.15) is 5.10 Å². The zero-order valence-corrected chi connectivity index (χ0v) is 17.1. The Morgan fingerprint density at radius 1 is 1.40 bits per heavy atom.